The van der Waals surface area contributed by atoms with Crippen LogP contribution in [-0.2, 0) is 0 Å². The van der Waals surface area contributed by atoms with Crippen LogP contribution in [0.4, 0.5) is 5.69 Å². The van der Waals surface area contributed by atoms with Gasteiger partial charge < -0.3 is 10.1 Å². The van der Waals surface area contributed by atoms with Crippen molar-refractivity contribution >= 4 is 11.6 Å². The quantitative estimate of drug-likeness (QED) is 0.529. The van der Waals surface area contributed by atoms with Gasteiger partial charge in [-0.1, -0.05) is 17.7 Å². The number of carbonyl (C=O) groups is 1. The zero-order valence-corrected chi connectivity index (χ0v) is 17.0. The topological polar surface area (TPSA) is 81.9 Å². The van der Waals surface area contributed by atoms with Gasteiger partial charge in [0, 0.05) is 29.7 Å². The Morgan fingerprint density at radius 1 is 0.967 bits per heavy atom. The lowest BCUT2D eigenvalue weighted by atomic mass is 10.1. The average Bonchev–Trinajstić information content (AvgIpc) is 3.15. The first-order chi connectivity index (χ1) is 14.5. The van der Waals surface area contributed by atoms with Crippen molar-refractivity contribution < 1.29 is 9.53 Å². The van der Waals surface area contributed by atoms with Crippen molar-refractivity contribution in [2.24, 2.45) is 0 Å². The number of aryl methyl sites for hydroxylation is 3. The van der Waals surface area contributed by atoms with Crippen molar-refractivity contribution in [1.29, 1.82) is 0 Å². The first-order valence-corrected chi connectivity index (χ1v) is 9.50. The van der Waals surface area contributed by atoms with E-state index in [-0.39, 0.29) is 5.91 Å². The molecule has 7 nitrogen and oxygen atoms in total. The van der Waals surface area contributed by atoms with Crippen molar-refractivity contribution in [3.05, 3.63) is 89.8 Å². The van der Waals surface area contributed by atoms with Gasteiger partial charge in [0.1, 0.15) is 23.2 Å². The number of imidazole rings is 1. The minimum Gasteiger partial charge on any atom is -0.439 e. The molecule has 1 amide bonds. The molecule has 0 fully saturated rings. The molecule has 7 heteroatoms. The molecule has 30 heavy (non-hydrogen) atoms. The van der Waals surface area contributed by atoms with Gasteiger partial charge in [0.2, 0.25) is 5.88 Å². The molecule has 0 aliphatic rings. The summed E-state index contributed by atoms with van der Waals surface area (Å²) in [5.41, 5.74) is 2.40. The molecule has 2 aromatic carbocycles. The molecule has 4 aromatic rings. The van der Waals surface area contributed by atoms with Crippen LogP contribution in [0.3, 0.4) is 0 Å². The van der Waals surface area contributed by atoms with Gasteiger partial charge in [0.05, 0.1) is 0 Å². The third-order valence-electron chi connectivity index (χ3n) is 4.52. The van der Waals surface area contributed by atoms with E-state index in [9.17, 15) is 4.79 Å². The highest BCUT2D eigenvalue weighted by Crippen LogP contribution is 2.23. The lowest BCUT2D eigenvalue weighted by Crippen LogP contribution is -2.11. The number of carbonyl (C=O) groups excluding carboxylic acids is 1. The van der Waals surface area contributed by atoms with Gasteiger partial charge in [0.25, 0.3) is 5.91 Å². The normalized spacial score (nSPS) is 10.6. The molecule has 0 unspecified atom stereocenters. The minimum absolute atomic E-state index is 0.157. The number of hydrogen-bond donors (Lipinski definition) is 1. The lowest BCUT2D eigenvalue weighted by molar-refractivity contribution is 0.102. The summed E-state index contributed by atoms with van der Waals surface area (Å²) < 4.78 is 7.76. The molecule has 0 saturated carbocycles. The van der Waals surface area contributed by atoms with Gasteiger partial charge in [0.15, 0.2) is 0 Å². The number of nitrogens with one attached hydrogen (secondary N) is 1. The zero-order valence-electron chi connectivity index (χ0n) is 17.0. The van der Waals surface area contributed by atoms with Crippen LogP contribution in [0.5, 0.6) is 11.6 Å². The summed E-state index contributed by atoms with van der Waals surface area (Å²) in [7, 11) is 0. The molecule has 0 aliphatic heterocycles. The van der Waals surface area contributed by atoms with Crippen LogP contribution in [0.15, 0.2) is 67.0 Å². The van der Waals surface area contributed by atoms with E-state index in [4.69, 9.17) is 4.74 Å². The SMILES string of the molecule is Cc1ccc(C(=O)Nc2ccc(Oc3cc(-n4ccnc4C)nc(C)n3)cc2)cc1. The Hall–Kier alpha value is -4.00. The molecule has 0 saturated heterocycles. The van der Waals surface area contributed by atoms with Crippen molar-refractivity contribution in [1.82, 2.24) is 19.5 Å². The molecule has 0 aliphatic carbocycles. The minimum atomic E-state index is -0.157. The molecule has 2 heterocycles. The van der Waals surface area contributed by atoms with Gasteiger partial charge >= 0.3 is 0 Å². The Kier molecular flexibility index (Phi) is 5.26. The van der Waals surface area contributed by atoms with E-state index < -0.39 is 0 Å². The monoisotopic (exact) mass is 399 g/mol. The summed E-state index contributed by atoms with van der Waals surface area (Å²) in [6.45, 7) is 5.70. The largest absolute Gasteiger partial charge is 0.439 e. The highest BCUT2D eigenvalue weighted by atomic mass is 16.5. The Bertz CT molecular complexity index is 1180. The van der Waals surface area contributed by atoms with Gasteiger partial charge in [-0.25, -0.2) is 9.97 Å². The van der Waals surface area contributed by atoms with Crippen LogP contribution in [0.2, 0.25) is 0 Å². The maximum atomic E-state index is 12.3. The van der Waals surface area contributed by atoms with Crippen LogP contribution in [0, 0.1) is 20.8 Å². The van der Waals surface area contributed by atoms with Crippen molar-refractivity contribution in [2.45, 2.75) is 20.8 Å². The van der Waals surface area contributed by atoms with Crippen LogP contribution in [-0.4, -0.2) is 25.4 Å². The second-order valence-electron chi connectivity index (χ2n) is 6.90. The number of anilines is 1. The molecule has 0 atom stereocenters. The maximum Gasteiger partial charge on any atom is 0.255 e. The zero-order chi connectivity index (χ0) is 21.1. The predicted molar refractivity (Wildman–Crippen MR) is 114 cm³/mol. The number of benzene rings is 2. The number of aromatic nitrogens is 4. The smallest absolute Gasteiger partial charge is 0.255 e. The molecule has 150 valence electrons. The van der Waals surface area contributed by atoms with Crippen LogP contribution >= 0.6 is 0 Å². The van der Waals surface area contributed by atoms with Gasteiger partial charge in [-0.05, 0) is 57.2 Å². The fourth-order valence-corrected chi connectivity index (χ4v) is 2.96. The van der Waals surface area contributed by atoms with E-state index in [2.05, 4.69) is 20.3 Å². The third kappa shape index (κ3) is 4.35. The predicted octanol–water partition coefficient (Wildman–Crippen LogP) is 4.63. The fourth-order valence-electron chi connectivity index (χ4n) is 2.96. The lowest BCUT2D eigenvalue weighted by Gasteiger charge is -2.10. The Morgan fingerprint density at radius 2 is 1.70 bits per heavy atom. The molecule has 4 rings (SSSR count). The fraction of sp³-hybridized carbons (Fsp3) is 0.130. The second-order valence-corrected chi connectivity index (χ2v) is 6.90. The Morgan fingerprint density at radius 3 is 2.37 bits per heavy atom. The number of rotatable bonds is 5. The van der Waals surface area contributed by atoms with Crippen molar-refractivity contribution in [3.8, 4) is 17.4 Å². The highest BCUT2D eigenvalue weighted by Gasteiger charge is 2.09. The van der Waals surface area contributed by atoms with Gasteiger partial charge in [-0.3, -0.25) is 9.36 Å². The Labute approximate surface area is 174 Å². The molecule has 2 aromatic heterocycles. The first kappa shape index (κ1) is 19.3. The van der Waals surface area contributed by atoms with Crippen LogP contribution < -0.4 is 10.1 Å². The summed E-state index contributed by atoms with van der Waals surface area (Å²) in [6.07, 6.45) is 3.56. The number of hydrogen-bond acceptors (Lipinski definition) is 5. The van der Waals surface area contributed by atoms with E-state index in [1.165, 1.54) is 0 Å². The van der Waals surface area contributed by atoms with Crippen LogP contribution in [0.1, 0.15) is 27.6 Å². The molecule has 0 radical (unpaired) electrons. The summed E-state index contributed by atoms with van der Waals surface area (Å²) in [4.78, 5) is 25.4. The molecular formula is C23H21N5O2. The molecule has 0 spiro atoms. The standard InChI is InChI=1S/C23H21N5O2/c1-15-4-6-18(7-5-15)23(29)27-19-8-10-20(11-9-19)30-22-14-21(25-16(2)26-22)28-13-12-24-17(28)3/h4-14H,1-3H3,(H,27,29). The third-order valence-corrected chi connectivity index (χ3v) is 4.52. The number of amides is 1. The summed E-state index contributed by atoms with van der Waals surface area (Å²) >= 11 is 0. The first-order valence-electron chi connectivity index (χ1n) is 9.50. The summed E-state index contributed by atoms with van der Waals surface area (Å²) in [5, 5.41) is 2.88. The summed E-state index contributed by atoms with van der Waals surface area (Å²) in [5.74, 6) is 2.99. The number of nitrogens with zero attached hydrogens (tertiary/aromatic N) is 4. The van der Waals surface area contributed by atoms with E-state index >= 15 is 0 Å². The summed E-state index contributed by atoms with van der Waals surface area (Å²) in [6, 6.07) is 16.3. The van der Waals surface area contributed by atoms with Crippen LogP contribution in [0.25, 0.3) is 5.82 Å². The second kappa shape index (κ2) is 8.16. The van der Waals surface area contributed by atoms with Crippen molar-refractivity contribution in [3.63, 3.8) is 0 Å². The highest BCUT2D eigenvalue weighted by molar-refractivity contribution is 6.04. The average molecular weight is 399 g/mol. The maximum absolute atomic E-state index is 12.3. The number of ether oxygens (including phenoxy) is 1. The van der Waals surface area contributed by atoms with E-state index in [0.717, 1.165) is 11.4 Å². The van der Waals surface area contributed by atoms with E-state index in [1.54, 1.807) is 48.7 Å². The van der Waals surface area contributed by atoms with Gasteiger partial charge in [-0.2, -0.15) is 4.98 Å². The molecule has 1 N–H and O–H groups in total. The molecular weight excluding hydrogens is 378 g/mol. The van der Waals surface area contributed by atoms with Gasteiger partial charge in [-0.15, -0.1) is 0 Å². The van der Waals surface area contributed by atoms with E-state index in [0.29, 0.717) is 34.5 Å². The van der Waals surface area contributed by atoms with Crippen molar-refractivity contribution in [2.75, 3.05) is 5.32 Å². The van der Waals surface area contributed by atoms with E-state index in [1.807, 2.05) is 43.7 Å². The molecule has 0 bridgehead atoms. The Balaban J connectivity index is 1.47.